The Morgan fingerprint density at radius 1 is 1.14 bits per heavy atom. The molecule has 0 saturated carbocycles. The van der Waals surface area contributed by atoms with E-state index in [9.17, 15) is 14.4 Å². The van der Waals surface area contributed by atoms with Gasteiger partial charge >= 0.3 is 0 Å². The number of hydrogen-bond acceptors (Lipinski definition) is 5. The van der Waals surface area contributed by atoms with Crippen LogP contribution >= 0.6 is 27.3 Å². The molecule has 0 aliphatic heterocycles. The maximum atomic E-state index is 12.1. The van der Waals surface area contributed by atoms with Crippen molar-refractivity contribution in [2.24, 2.45) is 7.05 Å². The van der Waals surface area contributed by atoms with Gasteiger partial charge in [-0.3, -0.25) is 30.6 Å². The van der Waals surface area contributed by atoms with E-state index in [2.05, 4.69) is 37.1 Å². The minimum atomic E-state index is -0.435. The Kier molecular flexibility index (Phi) is 6.22. The van der Waals surface area contributed by atoms with Gasteiger partial charge in [-0.05, 0) is 34.1 Å². The van der Waals surface area contributed by atoms with Crippen molar-refractivity contribution in [2.45, 2.75) is 6.42 Å². The maximum absolute atomic E-state index is 12.1. The zero-order valence-electron chi connectivity index (χ0n) is 14.7. The third-order valence-corrected chi connectivity index (χ3v) is 4.91. The number of amides is 3. The van der Waals surface area contributed by atoms with E-state index in [0.29, 0.717) is 22.1 Å². The molecule has 1 aromatic carbocycles. The molecule has 0 unspecified atom stereocenters. The van der Waals surface area contributed by atoms with Gasteiger partial charge in [0.15, 0.2) is 5.13 Å². The third kappa shape index (κ3) is 5.05. The van der Waals surface area contributed by atoms with Crippen LogP contribution < -0.4 is 16.2 Å². The molecule has 3 aromatic rings. The summed E-state index contributed by atoms with van der Waals surface area (Å²) in [5.74, 6) is -1.13. The van der Waals surface area contributed by atoms with E-state index in [1.54, 1.807) is 53.5 Å². The SMILES string of the molecule is Cn1cc(Br)cc1C(=O)NNC(=O)Cc1csc(NC(=O)c2ccccc2)n1. The van der Waals surface area contributed by atoms with Crippen LogP contribution in [0.2, 0.25) is 0 Å². The minimum absolute atomic E-state index is 0.0329. The lowest BCUT2D eigenvalue weighted by Crippen LogP contribution is -2.43. The van der Waals surface area contributed by atoms with Gasteiger partial charge in [-0.1, -0.05) is 18.2 Å². The van der Waals surface area contributed by atoms with Crippen molar-refractivity contribution in [3.63, 3.8) is 0 Å². The van der Waals surface area contributed by atoms with Crippen molar-refractivity contribution in [1.82, 2.24) is 20.4 Å². The molecule has 8 nitrogen and oxygen atoms in total. The lowest BCUT2D eigenvalue weighted by Gasteiger charge is -2.07. The summed E-state index contributed by atoms with van der Waals surface area (Å²) in [5, 5.41) is 4.77. The van der Waals surface area contributed by atoms with Gasteiger partial charge in [0.05, 0.1) is 12.1 Å². The summed E-state index contributed by atoms with van der Waals surface area (Å²) in [6.07, 6.45) is 1.70. The number of hydrazine groups is 1. The van der Waals surface area contributed by atoms with Crippen LogP contribution in [0.3, 0.4) is 0 Å². The van der Waals surface area contributed by atoms with Gasteiger partial charge in [-0.25, -0.2) is 4.98 Å². The van der Waals surface area contributed by atoms with Crippen LogP contribution in [-0.2, 0) is 18.3 Å². The number of anilines is 1. The number of rotatable bonds is 5. The Bertz CT molecular complexity index is 1020. The number of nitrogens with one attached hydrogen (secondary N) is 3. The molecule has 3 amide bonds. The van der Waals surface area contributed by atoms with Crippen molar-refractivity contribution in [3.05, 3.63) is 69.4 Å². The Hall–Kier alpha value is -2.98. The van der Waals surface area contributed by atoms with Crippen molar-refractivity contribution in [1.29, 1.82) is 0 Å². The second-order valence-electron chi connectivity index (χ2n) is 5.80. The van der Waals surface area contributed by atoms with E-state index < -0.39 is 11.8 Å². The van der Waals surface area contributed by atoms with Crippen LogP contribution in [0.15, 0.2) is 52.4 Å². The fraction of sp³-hybridized carbons (Fsp3) is 0.111. The Labute approximate surface area is 173 Å². The lowest BCUT2D eigenvalue weighted by molar-refractivity contribution is -0.121. The fourth-order valence-electron chi connectivity index (χ4n) is 2.35. The van der Waals surface area contributed by atoms with E-state index in [1.807, 2.05) is 6.07 Å². The van der Waals surface area contributed by atoms with Gasteiger partial charge in [0.1, 0.15) is 5.69 Å². The van der Waals surface area contributed by atoms with Gasteiger partial charge < -0.3 is 4.57 Å². The molecule has 0 fully saturated rings. The number of halogens is 1. The third-order valence-electron chi connectivity index (χ3n) is 3.67. The van der Waals surface area contributed by atoms with Gasteiger partial charge in [-0.15, -0.1) is 11.3 Å². The van der Waals surface area contributed by atoms with E-state index in [0.717, 1.165) is 4.47 Å². The molecule has 3 N–H and O–H groups in total. The zero-order chi connectivity index (χ0) is 20.1. The molecule has 0 atom stereocenters. The summed E-state index contributed by atoms with van der Waals surface area (Å²) in [7, 11) is 1.72. The van der Waals surface area contributed by atoms with Crippen LogP contribution in [0.4, 0.5) is 5.13 Å². The monoisotopic (exact) mass is 461 g/mol. The van der Waals surface area contributed by atoms with Crippen LogP contribution in [0.5, 0.6) is 0 Å². The number of carbonyl (C=O) groups excluding carboxylic acids is 3. The van der Waals surface area contributed by atoms with Crippen molar-refractivity contribution >= 4 is 50.1 Å². The second-order valence-corrected chi connectivity index (χ2v) is 7.57. The lowest BCUT2D eigenvalue weighted by atomic mass is 10.2. The number of carbonyl (C=O) groups is 3. The first-order valence-corrected chi connectivity index (χ1v) is 9.81. The number of nitrogens with zero attached hydrogens (tertiary/aromatic N) is 2. The van der Waals surface area contributed by atoms with E-state index >= 15 is 0 Å². The van der Waals surface area contributed by atoms with Crippen LogP contribution in [-0.4, -0.2) is 27.3 Å². The highest BCUT2D eigenvalue weighted by molar-refractivity contribution is 9.10. The highest BCUT2D eigenvalue weighted by atomic mass is 79.9. The normalized spacial score (nSPS) is 10.4. The number of aryl methyl sites for hydroxylation is 1. The van der Waals surface area contributed by atoms with Gasteiger partial charge in [0.25, 0.3) is 11.8 Å². The molecule has 3 rings (SSSR count). The fourth-order valence-corrected chi connectivity index (χ4v) is 3.58. The van der Waals surface area contributed by atoms with E-state index in [1.165, 1.54) is 11.3 Å². The predicted molar refractivity (Wildman–Crippen MR) is 109 cm³/mol. The molecule has 2 heterocycles. The quantitative estimate of drug-likeness (QED) is 0.507. The number of benzene rings is 1. The van der Waals surface area contributed by atoms with Gasteiger partial charge in [0.2, 0.25) is 5.91 Å². The highest BCUT2D eigenvalue weighted by Crippen LogP contribution is 2.17. The molecule has 144 valence electrons. The maximum Gasteiger partial charge on any atom is 0.286 e. The topological polar surface area (TPSA) is 105 Å². The molecule has 0 aliphatic rings. The van der Waals surface area contributed by atoms with Crippen LogP contribution in [0, 0.1) is 0 Å². The first kappa shape index (κ1) is 19.8. The van der Waals surface area contributed by atoms with Crippen LogP contribution in [0.1, 0.15) is 26.5 Å². The number of aromatic nitrogens is 2. The smallest absolute Gasteiger partial charge is 0.286 e. The molecule has 0 saturated heterocycles. The van der Waals surface area contributed by atoms with Crippen molar-refractivity contribution in [2.75, 3.05) is 5.32 Å². The second kappa shape index (κ2) is 8.81. The summed E-state index contributed by atoms with van der Waals surface area (Å²) in [6, 6.07) is 10.4. The molecule has 0 radical (unpaired) electrons. The Morgan fingerprint density at radius 3 is 2.57 bits per heavy atom. The number of thiazole rings is 1. The largest absolute Gasteiger partial charge is 0.345 e. The van der Waals surface area contributed by atoms with E-state index in [-0.39, 0.29) is 12.3 Å². The first-order chi connectivity index (χ1) is 13.4. The molecule has 0 aliphatic carbocycles. The van der Waals surface area contributed by atoms with Crippen LogP contribution in [0.25, 0.3) is 0 Å². The molecular formula is C18H16BrN5O3S. The first-order valence-electron chi connectivity index (χ1n) is 8.14. The molecule has 28 heavy (non-hydrogen) atoms. The average Bonchev–Trinajstić information content (AvgIpc) is 3.25. The summed E-state index contributed by atoms with van der Waals surface area (Å²) in [4.78, 5) is 40.4. The molecular weight excluding hydrogens is 446 g/mol. The zero-order valence-corrected chi connectivity index (χ0v) is 17.1. The molecule has 2 aromatic heterocycles. The Balaban J connectivity index is 1.50. The summed E-state index contributed by atoms with van der Waals surface area (Å²) in [6.45, 7) is 0. The highest BCUT2D eigenvalue weighted by Gasteiger charge is 2.14. The molecule has 10 heteroatoms. The standard InChI is InChI=1S/C18H16BrN5O3S/c1-24-9-12(19)7-14(24)17(27)23-22-15(25)8-13-10-28-18(20-13)21-16(26)11-5-3-2-4-6-11/h2-7,9-10H,8H2,1H3,(H,22,25)(H,23,27)(H,20,21,26). The minimum Gasteiger partial charge on any atom is -0.345 e. The van der Waals surface area contributed by atoms with Crippen molar-refractivity contribution in [3.8, 4) is 0 Å². The molecule has 0 bridgehead atoms. The van der Waals surface area contributed by atoms with E-state index in [4.69, 9.17) is 0 Å². The summed E-state index contributed by atoms with van der Waals surface area (Å²) in [5.41, 5.74) is 6.11. The summed E-state index contributed by atoms with van der Waals surface area (Å²) >= 11 is 4.51. The summed E-state index contributed by atoms with van der Waals surface area (Å²) < 4.78 is 2.40. The van der Waals surface area contributed by atoms with Gasteiger partial charge in [-0.2, -0.15) is 0 Å². The van der Waals surface area contributed by atoms with Crippen molar-refractivity contribution < 1.29 is 14.4 Å². The average molecular weight is 462 g/mol. The molecule has 0 spiro atoms. The predicted octanol–water partition coefficient (Wildman–Crippen LogP) is 2.50. The Morgan fingerprint density at radius 2 is 1.89 bits per heavy atom. The number of hydrogen-bond donors (Lipinski definition) is 3. The van der Waals surface area contributed by atoms with Gasteiger partial charge in [0, 0.05) is 28.7 Å².